The first-order valence-electron chi connectivity index (χ1n) is 24.3. The number of nitrogens with one attached hydrogen (secondary N) is 1. The predicted octanol–water partition coefficient (Wildman–Crippen LogP) is 13.8. The van der Waals surface area contributed by atoms with Gasteiger partial charge in [-0.1, -0.05) is 224 Å². The normalized spacial score (nSPS) is 14.0. The molecule has 0 radical (unpaired) electrons. The second-order valence-electron chi connectivity index (χ2n) is 16.9. The van der Waals surface area contributed by atoms with Crippen LogP contribution < -0.4 is 5.32 Å². The highest BCUT2D eigenvalue weighted by atomic mass is 32.2. The molecule has 1 amide bonds. The van der Waals surface area contributed by atoms with Gasteiger partial charge in [-0.25, -0.2) is 0 Å². The molecule has 7 nitrogen and oxygen atoms in total. The molecule has 0 rings (SSSR count). The highest BCUT2D eigenvalue weighted by Gasteiger charge is 2.27. The molecular weight excluding hydrogens is 731 g/mol. The maximum Gasteiger partial charge on any atom is 0.267 e. The first kappa shape index (κ1) is 55.5. The molecule has 0 spiro atoms. The van der Waals surface area contributed by atoms with Crippen molar-refractivity contribution in [2.75, 3.05) is 5.75 Å². The van der Waals surface area contributed by atoms with Gasteiger partial charge in [0.1, 0.15) is 6.10 Å². The minimum absolute atomic E-state index is 0.268. The quantitative estimate of drug-likeness (QED) is 0.0276. The van der Waals surface area contributed by atoms with Crippen molar-refractivity contribution in [3.8, 4) is 0 Å². The monoisotopic (exact) mass is 824 g/mol. The van der Waals surface area contributed by atoms with Crippen LogP contribution in [0.3, 0.4) is 0 Å². The van der Waals surface area contributed by atoms with Crippen molar-refractivity contribution in [3.63, 3.8) is 0 Å². The van der Waals surface area contributed by atoms with E-state index in [1.165, 1.54) is 179 Å². The SMILES string of the molecule is CCCCCCCCCCCCC/C=C\CCCCCCCCC(O)C(=O)NC(CS(=O)(=O)O)C(O)/C=C/CC/C=C/CCCCCCCCCCCCCCC. The van der Waals surface area contributed by atoms with E-state index < -0.39 is 40.0 Å². The van der Waals surface area contributed by atoms with Gasteiger partial charge in [-0.05, 0) is 57.8 Å². The van der Waals surface area contributed by atoms with Crippen LogP contribution in [0.1, 0.15) is 245 Å². The minimum atomic E-state index is -4.46. The standard InChI is InChI=1S/C49H93NO6S/c1-3-5-7-9-11-13-15-17-19-21-23-24-26-28-30-32-34-36-38-40-42-44-48(52)49(53)50-46(45-57(54,55)56)47(51)43-41-39-37-35-33-31-29-27-25-22-20-18-16-14-12-10-8-6-4-2/h26,28,33,35,41,43,46-48,51-52H,3-25,27,29-32,34,36-40,42,44-45H2,1-2H3,(H,50,53)(H,54,55,56)/b28-26-,35-33+,43-41+. The Morgan fingerprint density at radius 1 is 0.474 bits per heavy atom. The first-order chi connectivity index (χ1) is 27.7. The zero-order chi connectivity index (χ0) is 41.9. The van der Waals surface area contributed by atoms with Gasteiger partial charge in [-0.2, -0.15) is 8.42 Å². The Labute approximate surface area is 353 Å². The maximum absolute atomic E-state index is 12.6. The summed E-state index contributed by atoms with van der Waals surface area (Å²) in [7, 11) is -4.46. The molecule has 0 fully saturated rings. The lowest BCUT2D eigenvalue weighted by Gasteiger charge is -2.22. The van der Waals surface area contributed by atoms with Crippen molar-refractivity contribution in [1.29, 1.82) is 0 Å². The van der Waals surface area contributed by atoms with E-state index >= 15 is 0 Å². The molecule has 0 aliphatic heterocycles. The third-order valence-corrected chi connectivity index (χ3v) is 11.9. The van der Waals surface area contributed by atoms with Gasteiger partial charge in [-0.15, -0.1) is 0 Å². The summed E-state index contributed by atoms with van der Waals surface area (Å²) < 4.78 is 32.7. The van der Waals surface area contributed by atoms with E-state index in [1.807, 2.05) is 0 Å². The van der Waals surface area contributed by atoms with Crippen LogP contribution in [0.25, 0.3) is 0 Å². The van der Waals surface area contributed by atoms with Crippen LogP contribution in [0.2, 0.25) is 0 Å². The zero-order valence-electron chi connectivity index (χ0n) is 37.3. The lowest BCUT2D eigenvalue weighted by molar-refractivity contribution is -0.130. The van der Waals surface area contributed by atoms with Crippen LogP contribution in [0.15, 0.2) is 36.5 Å². The molecule has 8 heteroatoms. The van der Waals surface area contributed by atoms with Gasteiger partial charge >= 0.3 is 0 Å². The van der Waals surface area contributed by atoms with Gasteiger partial charge in [-0.3, -0.25) is 9.35 Å². The fourth-order valence-electron chi connectivity index (χ4n) is 7.41. The number of carbonyl (C=O) groups is 1. The molecule has 0 bridgehead atoms. The van der Waals surface area contributed by atoms with E-state index in [2.05, 4.69) is 43.5 Å². The van der Waals surface area contributed by atoms with Crippen LogP contribution in [0.5, 0.6) is 0 Å². The molecule has 0 aromatic heterocycles. The van der Waals surface area contributed by atoms with Gasteiger partial charge in [0.05, 0.1) is 17.9 Å². The molecular formula is C49H93NO6S. The first-order valence-corrected chi connectivity index (χ1v) is 25.9. The summed E-state index contributed by atoms with van der Waals surface area (Å²) in [5.41, 5.74) is 0. The molecule has 0 aromatic rings. The van der Waals surface area contributed by atoms with E-state index in [4.69, 9.17) is 0 Å². The van der Waals surface area contributed by atoms with Gasteiger partial charge < -0.3 is 15.5 Å². The van der Waals surface area contributed by atoms with Crippen LogP contribution in [-0.4, -0.2) is 53.1 Å². The molecule has 4 N–H and O–H groups in total. The number of amides is 1. The molecule has 0 heterocycles. The number of aliphatic hydroxyl groups is 2. The van der Waals surface area contributed by atoms with Gasteiger partial charge in [0.25, 0.3) is 10.1 Å². The fourth-order valence-corrected chi connectivity index (χ4v) is 8.14. The third kappa shape index (κ3) is 42.5. The van der Waals surface area contributed by atoms with Crippen molar-refractivity contribution in [2.45, 2.75) is 263 Å². The Kier molecular flexibility index (Phi) is 41.5. The Balaban J connectivity index is 3.98. The molecule has 3 unspecified atom stereocenters. The van der Waals surface area contributed by atoms with Crippen molar-refractivity contribution < 1.29 is 28.0 Å². The summed E-state index contributed by atoms with van der Waals surface area (Å²) in [5.74, 6) is -1.56. The molecule has 3 atom stereocenters. The van der Waals surface area contributed by atoms with Crippen molar-refractivity contribution in [3.05, 3.63) is 36.5 Å². The number of aliphatic hydroxyl groups excluding tert-OH is 2. The average Bonchev–Trinajstić information content (AvgIpc) is 3.18. The minimum Gasteiger partial charge on any atom is -0.387 e. The highest BCUT2D eigenvalue weighted by Crippen LogP contribution is 2.15. The van der Waals surface area contributed by atoms with E-state index in [0.29, 0.717) is 12.8 Å². The van der Waals surface area contributed by atoms with Crippen LogP contribution in [0, 0.1) is 0 Å². The van der Waals surface area contributed by atoms with Gasteiger partial charge in [0, 0.05) is 0 Å². The molecule has 0 saturated carbocycles. The second-order valence-corrected chi connectivity index (χ2v) is 18.4. The number of unbranched alkanes of at least 4 members (excludes halogenated alkanes) is 31. The molecule has 0 aliphatic rings. The fraction of sp³-hybridized carbons (Fsp3) is 0.857. The predicted molar refractivity (Wildman–Crippen MR) is 245 cm³/mol. The summed E-state index contributed by atoms with van der Waals surface area (Å²) in [4.78, 5) is 12.6. The van der Waals surface area contributed by atoms with Crippen molar-refractivity contribution in [1.82, 2.24) is 5.32 Å². The molecule has 0 aromatic carbocycles. The Bertz CT molecular complexity index is 1060. The number of allylic oxidation sites excluding steroid dienone is 5. The Morgan fingerprint density at radius 3 is 1.16 bits per heavy atom. The van der Waals surface area contributed by atoms with Crippen LogP contribution >= 0.6 is 0 Å². The second kappa shape index (κ2) is 42.6. The third-order valence-electron chi connectivity index (χ3n) is 11.1. The van der Waals surface area contributed by atoms with E-state index in [-0.39, 0.29) is 6.42 Å². The summed E-state index contributed by atoms with van der Waals surface area (Å²) in [5, 5.41) is 23.5. The number of hydrogen-bond acceptors (Lipinski definition) is 5. The smallest absolute Gasteiger partial charge is 0.267 e. The van der Waals surface area contributed by atoms with Crippen LogP contribution in [0.4, 0.5) is 0 Å². The number of carbonyl (C=O) groups excluding carboxylic acids is 1. The van der Waals surface area contributed by atoms with Crippen molar-refractivity contribution >= 4 is 16.0 Å². The van der Waals surface area contributed by atoms with E-state index in [1.54, 1.807) is 6.08 Å². The van der Waals surface area contributed by atoms with Gasteiger partial charge in [0.2, 0.25) is 5.91 Å². The Hall–Kier alpha value is -1.48. The topological polar surface area (TPSA) is 124 Å². The molecule has 0 aliphatic carbocycles. The molecule has 0 saturated heterocycles. The maximum atomic E-state index is 12.6. The summed E-state index contributed by atoms with van der Waals surface area (Å²) >= 11 is 0. The average molecular weight is 824 g/mol. The van der Waals surface area contributed by atoms with Gasteiger partial charge in [0.15, 0.2) is 0 Å². The van der Waals surface area contributed by atoms with E-state index in [9.17, 15) is 28.0 Å². The molecule has 57 heavy (non-hydrogen) atoms. The zero-order valence-corrected chi connectivity index (χ0v) is 38.2. The number of hydrogen-bond donors (Lipinski definition) is 4. The number of rotatable bonds is 44. The van der Waals surface area contributed by atoms with E-state index in [0.717, 1.165) is 38.5 Å². The summed E-state index contributed by atoms with van der Waals surface area (Å²) in [6, 6.07) is -1.25. The lowest BCUT2D eigenvalue weighted by Crippen LogP contribution is -2.50. The highest BCUT2D eigenvalue weighted by molar-refractivity contribution is 7.85. The van der Waals surface area contributed by atoms with Crippen molar-refractivity contribution in [2.24, 2.45) is 0 Å². The molecule has 336 valence electrons. The summed E-state index contributed by atoms with van der Waals surface area (Å²) in [6.45, 7) is 4.54. The lowest BCUT2D eigenvalue weighted by atomic mass is 10.0. The largest absolute Gasteiger partial charge is 0.387 e. The van der Waals surface area contributed by atoms with Crippen LogP contribution in [-0.2, 0) is 14.9 Å². The Morgan fingerprint density at radius 2 is 0.789 bits per heavy atom. The summed E-state index contributed by atoms with van der Waals surface area (Å²) in [6.07, 6.45) is 53.5.